The fraction of sp³-hybridized carbons (Fsp3) is 0.727. The van der Waals surface area contributed by atoms with E-state index in [0.717, 1.165) is 0 Å². The largest absolute Gasteiger partial charge is 0.350 e. The Hall–Kier alpha value is 0.490. The highest BCUT2D eigenvalue weighted by molar-refractivity contribution is 6.52. The Bertz CT molecular complexity index is 446. The van der Waals surface area contributed by atoms with Crippen molar-refractivity contribution in [1.82, 2.24) is 0 Å². The van der Waals surface area contributed by atoms with Gasteiger partial charge in [0, 0.05) is 20.1 Å². The van der Waals surface area contributed by atoms with Crippen LogP contribution >= 0.6 is 46.4 Å². The Balaban J connectivity index is 2.73. The van der Waals surface area contributed by atoms with Crippen molar-refractivity contribution >= 4 is 52.2 Å². The molecule has 2 aliphatic rings. The van der Waals surface area contributed by atoms with Gasteiger partial charge in [0.2, 0.25) is 5.79 Å². The first-order chi connectivity index (χ1) is 8.23. The van der Waals surface area contributed by atoms with Crippen LogP contribution in [-0.2, 0) is 14.3 Å². The Morgan fingerprint density at radius 1 is 1.22 bits per heavy atom. The number of carbonyl (C=O) groups excluding carboxylic acids is 1. The molecule has 0 N–H and O–H groups in total. The number of hydrogen-bond donors (Lipinski definition) is 0. The first-order valence-electron chi connectivity index (χ1n) is 5.27. The molecule has 0 amide bonds. The molecule has 3 nitrogen and oxygen atoms in total. The van der Waals surface area contributed by atoms with E-state index in [2.05, 4.69) is 0 Å². The number of Topliss-reactive ketones (excluding diaryl/α,β-unsaturated/α-hetero) is 1. The van der Waals surface area contributed by atoms with Gasteiger partial charge in [0.15, 0.2) is 0 Å². The minimum absolute atomic E-state index is 0.121. The fourth-order valence-corrected chi connectivity index (χ4v) is 5.17. The normalized spacial score (nSPS) is 41.6. The van der Waals surface area contributed by atoms with Crippen LogP contribution < -0.4 is 0 Å². The van der Waals surface area contributed by atoms with Gasteiger partial charge in [-0.3, -0.25) is 4.79 Å². The molecule has 0 radical (unpaired) electrons. The lowest BCUT2D eigenvalue weighted by molar-refractivity contribution is -0.218. The van der Waals surface area contributed by atoms with Gasteiger partial charge in [0.25, 0.3) is 0 Å². The SMILES string of the molecule is COC1(OC)[C@@]2(Cl)C[C@H](C(C)=O)[C@]1(Cl)C(Cl)=C2Cl. The third-order valence-electron chi connectivity index (χ3n) is 3.89. The molecule has 0 aliphatic heterocycles. The van der Waals surface area contributed by atoms with Gasteiger partial charge in [-0.15, -0.1) is 23.2 Å². The van der Waals surface area contributed by atoms with Crippen LogP contribution in [0.1, 0.15) is 13.3 Å². The van der Waals surface area contributed by atoms with Crippen LogP contribution in [0.2, 0.25) is 0 Å². The van der Waals surface area contributed by atoms with Gasteiger partial charge in [-0.05, 0) is 13.3 Å². The summed E-state index contributed by atoms with van der Waals surface area (Å²) in [7, 11) is 2.81. The molecule has 0 heterocycles. The Labute approximate surface area is 125 Å². The summed E-state index contributed by atoms with van der Waals surface area (Å²) in [4.78, 5) is 9.15. The topological polar surface area (TPSA) is 35.5 Å². The van der Waals surface area contributed by atoms with Crippen molar-refractivity contribution in [1.29, 1.82) is 0 Å². The number of rotatable bonds is 3. The van der Waals surface area contributed by atoms with Gasteiger partial charge in [-0.2, -0.15) is 0 Å². The first-order valence-corrected chi connectivity index (χ1v) is 6.79. The van der Waals surface area contributed by atoms with Gasteiger partial charge < -0.3 is 9.47 Å². The van der Waals surface area contributed by atoms with E-state index in [1.165, 1.54) is 21.1 Å². The number of hydrogen-bond acceptors (Lipinski definition) is 3. The second kappa shape index (κ2) is 4.24. The average molecular weight is 334 g/mol. The zero-order chi connectivity index (χ0) is 13.9. The van der Waals surface area contributed by atoms with Crippen molar-refractivity contribution < 1.29 is 14.3 Å². The molecule has 0 aromatic rings. The van der Waals surface area contributed by atoms with Gasteiger partial charge in [0.1, 0.15) is 15.5 Å². The lowest BCUT2D eigenvalue weighted by Crippen LogP contribution is -2.57. The Kier molecular flexibility index (Phi) is 3.51. The number of methoxy groups -OCH3 is 2. The quantitative estimate of drug-likeness (QED) is 0.587. The van der Waals surface area contributed by atoms with E-state index in [9.17, 15) is 4.79 Å². The third-order valence-corrected chi connectivity index (χ3v) is 6.47. The maximum Gasteiger partial charge on any atom is 0.217 e. The molecule has 0 aromatic carbocycles. The zero-order valence-electron chi connectivity index (χ0n) is 10.0. The highest BCUT2D eigenvalue weighted by atomic mass is 35.5. The summed E-state index contributed by atoms with van der Waals surface area (Å²) in [6.07, 6.45) is 0.226. The number of fused-ring (bicyclic) bond motifs is 2. The summed E-state index contributed by atoms with van der Waals surface area (Å²) in [6.45, 7) is 1.43. The van der Waals surface area contributed by atoms with Crippen LogP contribution in [0.5, 0.6) is 0 Å². The highest BCUT2D eigenvalue weighted by Crippen LogP contribution is 2.71. The van der Waals surface area contributed by atoms with Gasteiger partial charge >= 0.3 is 0 Å². The molecule has 18 heavy (non-hydrogen) atoms. The fourth-order valence-electron chi connectivity index (χ4n) is 3.07. The van der Waals surface area contributed by atoms with Crippen molar-refractivity contribution in [3.63, 3.8) is 0 Å². The molecule has 0 aromatic heterocycles. The molecule has 1 fully saturated rings. The number of alkyl halides is 2. The number of ketones is 1. The van der Waals surface area contributed by atoms with Crippen molar-refractivity contribution in [3.05, 3.63) is 10.1 Å². The summed E-state index contributed by atoms with van der Waals surface area (Å²) in [5.74, 6) is -2.19. The third kappa shape index (κ3) is 1.28. The van der Waals surface area contributed by atoms with Crippen LogP contribution in [0.4, 0.5) is 0 Å². The maximum atomic E-state index is 11.8. The summed E-state index contributed by atoms with van der Waals surface area (Å²) >= 11 is 25.5. The minimum Gasteiger partial charge on any atom is -0.350 e. The lowest BCUT2D eigenvalue weighted by Gasteiger charge is -2.40. The van der Waals surface area contributed by atoms with E-state index in [0.29, 0.717) is 0 Å². The van der Waals surface area contributed by atoms with Gasteiger partial charge in [-0.25, -0.2) is 0 Å². The Morgan fingerprint density at radius 3 is 2.06 bits per heavy atom. The number of ether oxygens (including phenoxy) is 2. The minimum atomic E-state index is -1.45. The molecule has 102 valence electrons. The van der Waals surface area contributed by atoms with Crippen molar-refractivity contribution in [2.24, 2.45) is 5.92 Å². The standard InChI is InChI=1S/C11H12Cl4O3/c1-5(16)6-4-9(14)7(12)8(13)10(6,15)11(9,17-2)18-3/h6H,4H2,1-3H3/t6-,9-,10+/m1/s1. The molecular weight excluding hydrogens is 322 g/mol. The van der Waals surface area contributed by atoms with Crippen LogP contribution in [-0.4, -0.2) is 35.5 Å². The average Bonchev–Trinajstić information content (AvgIpc) is 2.60. The summed E-state index contributed by atoms with van der Waals surface area (Å²) in [5, 5.41) is 0.304. The Morgan fingerprint density at radius 2 is 1.72 bits per heavy atom. The smallest absolute Gasteiger partial charge is 0.217 e. The van der Waals surface area contributed by atoms with Crippen LogP contribution in [0, 0.1) is 5.92 Å². The van der Waals surface area contributed by atoms with E-state index in [1.54, 1.807) is 0 Å². The maximum absolute atomic E-state index is 11.8. The predicted molar refractivity (Wildman–Crippen MR) is 71.4 cm³/mol. The van der Waals surface area contributed by atoms with Crippen molar-refractivity contribution in [3.8, 4) is 0 Å². The lowest BCUT2D eigenvalue weighted by atomic mass is 9.88. The molecule has 0 spiro atoms. The van der Waals surface area contributed by atoms with Crippen LogP contribution in [0.3, 0.4) is 0 Å². The highest BCUT2D eigenvalue weighted by Gasteiger charge is 2.81. The molecule has 3 atom stereocenters. The van der Waals surface area contributed by atoms with Crippen molar-refractivity contribution in [2.75, 3.05) is 14.2 Å². The monoisotopic (exact) mass is 332 g/mol. The molecular formula is C11H12Cl4O3. The summed E-state index contributed by atoms with van der Waals surface area (Å²) in [6, 6.07) is 0. The predicted octanol–water partition coefficient (Wildman–Crippen LogP) is 3.24. The van der Waals surface area contributed by atoms with Gasteiger partial charge in [0.05, 0.1) is 10.1 Å². The second-order valence-electron chi connectivity index (χ2n) is 4.53. The van der Waals surface area contributed by atoms with E-state index < -0.39 is 21.5 Å². The molecule has 2 bridgehead atoms. The number of halogens is 4. The van der Waals surface area contributed by atoms with E-state index in [-0.39, 0.29) is 22.3 Å². The van der Waals surface area contributed by atoms with E-state index in [4.69, 9.17) is 55.9 Å². The summed E-state index contributed by atoms with van der Waals surface area (Å²) < 4.78 is 10.8. The molecule has 2 aliphatic carbocycles. The zero-order valence-corrected chi connectivity index (χ0v) is 13.0. The molecule has 1 saturated carbocycles. The van der Waals surface area contributed by atoms with E-state index >= 15 is 0 Å². The number of carbonyl (C=O) groups is 1. The van der Waals surface area contributed by atoms with Crippen LogP contribution in [0.25, 0.3) is 0 Å². The molecule has 7 heteroatoms. The molecule has 0 unspecified atom stereocenters. The first kappa shape index (κ1) is 14.9. The van der Waals surface area contributed by atoms with Crippen molar-refractivity contribution in [2.45, 2.75) is 28.9 Å². The van der Waals surface area contributed by atoms with E-state index in [1.807, 2.05) is 0 Å². The summed E-state index contributed by atoms with van der Waals surface area (Å²) in [5.41, 5.74) is 0. The van der Waals surface area contributed by atoms with Gasteiger partial charge in [-0.1, -0.05) is 23.2 Å². The molecule has 0 saturated heterocycles. The molecule has 2 rings (SSSR count). The van der Waals surface area contributed by atoms with Crippen LogP contribution in [0.15, 0.2) is 10.1 Å². The second-order valence-corrected chi connectivity index (χ2v) is 6.53.